The van der Waals surface area contributed by atoms with Gasteiger partial charge in [-0.15, -0.1) is 35.7 Å². The number of benzene rings is 2. The molecule has 28 heavy (non-hydrogen) atoms. The molecule has 8 heteroatoms. The van der Waals surface area contributed by atoms with Crippen molar-refractivity contribution >= 4 is 47.6 Å². The van der Waals surface area contributed by atoms with Crippen LogP contribution in [0.2, 0.25) is 0 Å². The molecule has 0 heterocycles. The maximum absolute atomic E-state index is 12.1. The standard InChI is InChI=1S/C20H26N4O2S.HI/c1-21-20(24-14-15-27-18-6-4-3-5-7-18)23-13-12-22-19(25)16-8-10-17(26-2)11-9-16;/h3-11H,12-15H2,1-2H3,(H,22,25)(H2,21,23,24);1H. The number of hydrogen-bond donors (Lipinski definition) is 3. The second-order valence-electron chi connectivity index (χ2n) is 5.57. The van der Waals surface area contributed by atoms with E-state index in [0.29, 0.717) is 18.7 Å². The van der Waals surface area contributed by atoms with Crippen molar-refractivity contribution in [3.05, 3.63) is 60.2 Å². The smallest absolute Gasteiger partial charge is 0.251 e. The quantitative estimate of drug-likeness (QED) is 0.158. The highest BCUT2D eigenvalue weighted by Crippen LogP contribution is 2.15. The Kier molecular flexibility index (Phi) is 12.1. The zero-order chi connectivity index (χ0) is 19.3. The first-order valence-electron chi connectivity index (χ1n) is 8.77. The zero-order valence-corrected chi connectivity index (χ0v) is 19.3. The van der Waals surface area contributed by atoms with E-state index in [9.17, 15) is 4.79 Å². The first kappa shape index (κ1) is 24.1. The van der Waals surface area contributed by atoms with Crippen LogP contribution < -0.4 is 20.7 Å². The topological polar surface area (TPSA) is 74.8 Å². The third-order valence-electron chi connectivity index (χ3n) is 3.69. The van der Waals surface area contributed by atoms with Crippen molar-refractivity contribution in [2.75, 3.05) is 39.5 Å². The van der Waals surface area contributed by atoms with Crippen LogP contribution in [0, 0.1) is 0 Å². The number of nitrogens with one attached hydrogen (secondary N) is 3. The highest BCUT2D eigenvalue weighted by atomic mass is 127. The molecule has 0 saturated heterocycles. The number of thioether (sulfide) groups is 1. The normalized spacial score (nSPS) is 10.6. The van der Waals surface area contributed by atoms with E-state index >= 15 is 0 Å². The molecule has 2 aromatic carbocycles. The molecule has 0 unspecified atom stereocenters. The summed E-state index contributed by atoms with van der Waals surface area (Å²) in [6, 6.07) is 17.3. The van der Waals surface area contributed by atoms with E-state index < -0.39 is 0 Å². The van der Waals surface area contributed by atoms with Gasteiger partial charge >= 0.3 is 0 Å². The summed E-state index contributed by atoms with van der Waals surface area (Å²) in [5, 5.41) is 9.33. The van der Waals surface area contributed by atoms with Gasteiger partial charge in [0.25, 0.3) is 5.91 Å². The van der Waals surface area contributed by atoms with Gasteiger partial charge in [0.15, 0.2) is 5.96 Å². The number of carbonyl (C=O) groups is 1. The van der Waals surface area contributed by atoms with Crippen LogP contribution in [0.1, 0.15) is 10.4 Å². The van der Waals surface area contributed by atoms with Gasteiger partial charge < -0.3 is 20.7 Å². The summed E-state index contributed by atoms with van der Waals surface area (Å²) >= 11 is 1.79. The third-order valence-corrected chi connectivity index (χ3v) is 4.70. The lowest BCUT2D eigenvalue weighted by Crippen LogP contribution is -2.42. The van der Waals surface area contributed by atoms with Gasteiger partial charge in [0.2, 0.25) is 0 Å². The number of aliphatic imine (C=N–C) groups is 1. The molecule has 1 amide bonds. The minimum atomic E-state index is -0.110. The van der Waals surface area contributed by atoms with Crippen molar-refractivity contribution in [3.63, 3.8) is 0 Å². The summed E-state index contributed by atoms with van der Waals surface area (Å²) in [6.45, 7) is 1.90. The van der Waals surface area contributed by atoms with Gasteiger partial charge in [0.1, 0.15) is 5.75 Å². The van der Waals surface area contributed by atoms with Gasteiger partial charge in [-0.25, -0.2) is 0 Å². The third kappa shape index (κ3) is 8.83. The number of ether oxygens (including phenoxy) is 1. The minimum absolute atomic E-state index is 0. The largest absolute Gasteiger partial charge is 0.497 e. The molecule has 0 atom stereocenters. The van der Waals surface area contributed by atoms with Gasteiger partial charge in [0.05, 0.1) is 7.11 Å². The zero-order valence-electron chi connectivity index (χ0n) is 16.1. The van der Waals surface area contributed by atoms with Crippen molar-refractivity contribution < 1.29 is 9.53 Å². The summed E-state index contributed by atoms with van der Waals surface area (Å²) in [6.07, 6.45) is 0. The second kappa shape index (κ2) is 14.1. The molecule has 2 aromatic rings. The first-order valence-corrected chi connectivity index (χ1v) is 9.76. The van der Waals surface area contributed by atoms with E-state index in [1.165, 1.54) is 4.90 Å². The number of methoxy groups -OCH3 is 1. The molecule has 0 aliphatic rings. The van der Waals surface area contributed by atoms with Crippen molar-refractivity contribution in [2.24, 2.45) is 4.99 Å². The molecule has 2 rings (SSSR count). The number of amides is 1. The highest BCUT2D eigenvalue weighted by molar-refractivity contribution is 14.0. The van der Waals surface area contributed by atoms with Crippen LogP contribution in [0.25, 0.3) is 0 Å². The summed E-state index contributed by atoms with van der Waals surface area (Å²) in [4.78, 5) is 17.5. The van der Waals surface area contributed by atoms with Crippen molar-refractivity contribution in [1.82, 2.24) is 16.0 Å². The fourth-order valence-corrected chi connectivity index (χ4v) is 3.07. The Labute approximate surface area is 187 Å². The number of nitrogens with zero attached hydrogens (tertiary/aromatic N) is 1. The second-order valence-corrected chi connectivity index (χ2v) is 6.74. The van der Waals surface area contributed by atoms with E-state index in [4.69, 9.17) is 4.74 Å². The van der Waals surface area contributed by atoms with E-state index in [0.717, 1.165) is 24.0 Å². The van der Waals surface area contributed by atoms with Crippen LogP contribution in [0.3, 0.4) is 0 Å². The monoisotopic (exact) mass is 514 g/mol. The maximum atomic E-state index is 12.1. The number of halogens is 1. The van der Waals surface area contributed by atoms with Gasteiger partial charge in [-0.05, 0) is 36.4 Å². The van der Waals surface area contributed by atoms with Crippen LogP contribution >= 0.6 is 35.7 Å². The number of rotatable bonds is 9. The van der Waals surface area contributed by atoms with Crippen molar-refractivity contribution in [3.8, 4) is 5.75 Å². The average Bonchev–Trinajstić information content (AvgIpc) is 2.73. The summed E-state index contributed by atoms with van der Waals surface area (Å²) in [5.74, 6) is 2.29. The minimum Gasteiger partial charge on any atom is -0.497 e. The molecule has 152 valence electrons. The van der Waals surface area contributed by atoms with Gasteiger partial charge in [0, 0.05) is 42.9 Å². The molecule has 0 aliphatic heterocycles. The van der Waals surface area contributed by atoms with E-state index in [1.54, 1.807) is 50.2 Å². The van der Waals surface area contributed by atoms with E-state index in [1.807, 2.05) is 18.2 Å². The van der Waals surface area contributed by atoms with Crippen LogP contribution in [0.5, 0.6) is 5.75 Å². The molecule has 0 saturated carbocycles. The summed E-state index contributed by atoms with van der Waals surface area (Å²) in [7, 11) is 3.33. The fraction of sp³-hybridized carbons (Fsp3) is 0.300. The van der Waals surface area contributed by atoms with Crippen LogP contribution in [-0.4, -0.2) is 51.4 Å². The Balaban J connectivity index is 0.00000392. The number of guanidine groups is 1. The Hall–Kier alpha value is -1.94. The number of carbonyl (C=O) groups excluding carboxylic acids is 1. The van der Waals surface area contributed by atoms with Gasteiger partial charge in [-0.1, -0.05) is 18.2 Å². The molecule has 0 spiro atoms. The SMILES string of the molecule is CN=C(NCCNC(=O)c1ccc(OC)cc1)NCCSc1ccccc1.I. The summed E-state index contributed by atoms with van der Waals surface area (Å²) in [5.41, 5.74) is 0.608. The number of hydrogen-bond acceptors (Lipinski definition) is 4. The van der Waals surface area contributed by atoms with Gasteiger partial charge in [-0.2, -0.15) is 0 Å². The predicted molar refractivity (Wildman–Crippen MR) is 127 cm³/mol. The Morgan fingerprint density at radius 1 is 0.964 bits per heavy atom. The first-order chi connectivity index (χ1) is 13.2. The van der Waals surface area contributed by atoms with Crippen molar-refractivity contribution in [1.29, 1.82) is 0 Å². The van der Waals surface area contributed by atoms with E-state index in [2.05, 4.69) is 33.1 Å². The molecular formula is C20H27IN4O2S. The lowest BCUT2D eigenvalue weighted by Gasteiger charge is -2.12. The van der Waals surface area contributed by atoms with Gasteiger partial charge in [-0.3, -0.25) is 9.79 Å². The summed E-state index contributed by atoms with van der Waals surface area (Å²) < 4.78 is 5.09. The Bertz CT molecular complexity index is 727. The fourth-order valence-electron chi connectivity index (χ4n) is 2.28. The molecule has 0 aliphatic carbocycles. The lowest BCUT2D eigenvalue weighted by atomic mass is 10.2. The molecular weight excluding hydrogens is 487 g/mol. The predicted octanol–water partition coefficient (Wildman–Crippen LogP) is 3.00. The Morgan fingerprint density at radius 3 is 2.25 bits per heavy atom. The van der Waals surface area contributed by atoms with Crippen LogP contribution in [0.4, 0.5) is 0 Å². The Morgan fingerprint density at radius 2 is 1.61 bits per heavy atom. The molecule has 0 fully saturated rings. The molecule has 3 N–H and O–H groups in total. The van der Waals surface area contributed by atoms with Crippen LogP contribution in [0.15, 0.2) is 64.5 Å². The van der Waals surface area contributed by atoms with E-state index in [-0.39, 0.29) is 29.9 Å². The van der Waals surface area contributed by atoms with Crippen LogP contribution in [-0.2, 0) is 0 Å². The lowest BCUT2D eigenvalue weighted by molar-refractivity contribution is 0.0954. The molecule has 6 nitrogen and oxygen atoms in total. The molecule has 0 radical (unpaired) electrons. The average molecular weight is 514 g/mol. The maximum Gasteiger partial charge on any atom is 0.251 e. The van der Waals surface area contributed by atoms with Crippen molar-refractivity contribution in [2.45, 2.75) is 4.90 Å². The molecule has 0 aromatic heterocycles. The highest BCUT2D eigenvalue weighted by Gasteiger charge is 2.05. The molecule has 0 bridgehead atoms.